The number of nitrogens with one attached hydrogen (secondary N) is 2. The van der Waals surface area contributed by atoms with Gasteiger partial charge in [0.05, 0.1) is 6.07 Å². The molecule has 0 aliphatic rings. The van der Waals surface area contributed by atoms with E-state index in [0.717, 1.165) is 17.5 Å². The highest BCUT2D eigenvalue weighted by Gasteiger charge is 2.24. The summed E-state index contributed by atoms with van der Waals surface area (Å²) in [5.74, 6) is -0.120. The average molecular weight is 440 g/mol. The Labute approximate surface area is 184 Å². The van der Waals surface area contributed by atoms with Crippen LogP contribution in [0, 0.1) is 0 Å². The van der Waals surface area contributed by atoms with Crippen molar-refractivity contribution < 1.29 is 9.31 Å². The van der Waals surface area contributed by atoms with Gasteiger partial charge in [0, 0.05) is 28.1 Å². The summed E-state index contributed by atoms with van der Waals surface area (Å²) in [5.41, 5.74) is 3.40. The lowest BCUT2D eigenvalue weighted by Crippen LogP contribution is -2.38. The third-order valence-corrected chi connectivity index (χ3v) is 5.67. The van der Waals surface area contributed by atoms with Gasteiger partial charge in [0.2, 0.25) is 0 Å². The van der Waals surface area contributed by atoms with E-state index in [-0.39, 0.29) is 17.9 Å². The highest BCUT2D eigenvalue weighted by Crippen LogP contribution is 2.27. The van der Waals surface area contributed by atoms with Crippen molar-refractivity contribution in [3.05, 3.63) is 99.9 Å². The summed E-state index contributed by atoms with van der Waals surface area (Å²) in [6.07, 6.45) is 4.26. The maximum absolute atomic E-state index is 12.9. The van der Waals surface area contributed by atoms with Gasteiger partial charge in [-0.05, 0) is 53.7 Å². The number of aromatic amines is 1. The number of benzene rings is 2. The van der Waals surface area contributed by atoms with E-state index in [2.05, 4.69) is 15.4 Å². The van der Waals surface area contributed by atoms with Crippen molar-refractivity contribution in [2.24, 2.45) is 0 Å². The molecule has 2 heterocycles. The van der Waals surface area contributed by atoms with Crippen LogP contribution in [0.5, 0.6) is 0 Å². The zero-order chi connectivity index (χ0) is 21.1. The Kier molecular flexibility index (Phi) is 6.02. The molecule has 0 saturated carbocycles. The molecule has 0 unspecified atom stereocenters. The third-order valence-electron chi connectivity index (χ3n) is 5.16. The molecule has 2 atom stereocenters. The number of halogens is 2. The Hall–Kier alpha value is -2.89. The molecule has 0 bridgehead atoms. The Bertz CT molecular complexity index is 1120. The number of nitrogens with zero attached hydrogens (tertiary/aromatic N) is 2. The SMILES string of the molecule is C[C@@H](NC(=O)c1cc2nccc[n+]2[nH]1)[C@H](Cc1ccc(Cl)cc1)c1ccc(Cl)cc1. The molecular formula is C23H21Cl2N4O+. The molecule has 4 aromatic rings. The number of carbonyl (C=O) groups excluding carboxylic acids is 1. The van der Waals surface area contributed by atoms with Crippen LogP contribution in [-0.2, 0) is 6.42 Å². The van der Waals surface area contributed by atoms with Crippen molar-refractivity contribution in [2.75, 3.05) is 0 Å². The highest BCUT2D eigenvalue weighted by molar-refractivity contribution is 6.30. The van der Waals surface area contributed by atoms with Crippen LogP contribution < -0.4 is 9.83 Å². The summed E-state index contributed by atoms with van der Waals surface area (Å²) < 4.78 is 1.71. The molecule has 7 heteroatoms. The van der Waals surface area contributed by atoms with E-state index in [4.69, 9.17) is 23.2 Å². The van der Waals surface area contributed by atoms with Crippen molar-refractivity contribution in [1.82, 2.24) is 15.4 Å². The fraction of sp³-hybridized carbons (Fsp3) is 0.174. The van der Waals surface area contributed by atoms with Crippen molar-refractivity contribution in [1.29, 1.82) is 0 Å². The van der Waals surface area contributed by atoms with E-state index in [1.54, 1.807) is 22.8 Å². The smallest absolute Gasteiger partial charge is 0.348 e. The summed E-state index contributed by atoms with van der Waals surface area (Å²) >= 11 is 12.1. The monoisotopic (exact) mass is 439 g/mol. The van der Waals surface area contributed by atoms with Gasteiger partial charge < -0.3 is 5.32 Å². The first kappa shape index (κ1) is 20.4. The van der Waals surface area contributed by atoms with Gasteiger partial charge in [0.15, 0.2) is 0 Å². The number of carbonyl (C=O) groups is 1. The van der Waals surface area contributed by atoms with Gasteiger partial charge in [-0.25, -0.2) is 5.10 Å². The first-order valence-corrected chi connectivity index (χ1v) is 10.4. The first-order valence-electron chi connectivity index (χ1n) is 9.66. The van der Waals surface area contributed by atoms with Crippen LogP contribution in [0.1, 0.15) is 34.5 Å². The molecule has 5 nitrogen and oxygen atoms in total. The second kappa shape index (κ2) is 8.86. The molecule has 0 aliphatic carbocycles. The third kappa shape index (κ3) is 4.64. The minimum Gasteiger partial charge on any atom is -0.348 e. The summed E-state index contributed by atoms with van der Waals surface area (Å²) in [6.45, 7) is 2.02. The van der Waals surface area contributed by atoms with Gasteiger partial charge in [-0.3, -0.25) is 4.79 Å². The van der Waals surface area contributed by atoms with Crippen LogP contribution in [0.3, 0.4) is 0 Å². The van der Waals surface area contributed by atoms with E-state index in [1.165, 1.54) is 0 Å². The Balaban J connectivity index is 1.57. The molecule has 0 fully saturated rings. The molecule has 0 spiro atoms. The summed E-state index contributed by atoms with van der Waals surface area (Å²) in [5, 5.41) is 7.57. The molecule has 2 aromatic carbocycles. The van der Waals surface area contributed by atoms with E-state index in [9.17, 15) is 4.79 Å². The fourth-order valence-electron chi connectivity index (χ4n) is 3.54. The summed E-state index contributed by atoms with van der Waals surface area (Å²) in [6, 6.07) is 19.0. The second-order valence-corrected chi connectivity index (χ2v) is 8.14. The molecular weight excluding hydrogens is 419 g/mol. The zero-order valence-corrected chi connectivity index (χ0v) is 17.9. The van der Waals surface area contributed by atoms with Crippen LogP contribution in [0.2, 0.25) is 10.0 Å². The number of rotatable bonds is 6. The quantitative estimate of drug-likeness (QED) is 0.431. The number of H-pyrrole nitrogens is 1. The molecule has 30 heavy (non-hydrogen) atoms. The lowest BCUT2D eigenvalue weighted by Gasteiger charge is -2.25. The van der Waals surface area contributed by atoms with Crippen LogP contribution in [0.25, 0.3) is 5.65 Å². The standard InChI is InChI=1S/C23H20Cl2N4O/c1-15(27-23(30)21-14-22-26-11-2-12-29(22)28-21)20(17-5-9-19(25)10-6-17)13-16-3-7-18(24)8-4-16/h2-12,14-15,20H,13H2,1H3,(H,27,30)/p+1/t15-,20+/m1/s1. The summed E-state index contributed by atoms with van der Waals surface area (Å²) in [7, 11) is 0. The van der Waals surface area contributed by atoms with Gasteiger partial charge in [0.1, 0.15) is 18.1 Å². The number of hydrogen-bond donors (Lipinski definition) is 2. The number of fused-ring (bicyclic) bond motifs is 1. The Morgan fingerprint density at radius 3 is 2.43 bits per heavy atom. The van der Waals surface area contributed by atoms with Gasteiger partial charge in [0.25, 0.3) is 5.91 Å². The van der Waals surface area contributed by atoms with Gasteiger partial charge in [-0.2, -0.15) is 0 Å². The van der Waals surface area contributed by atoms with E-state index in [0.29, 0.717) is 21.4 Å². The van der Waals surface area contributed by atoms with Gasteiger partial charge >= 0.3 is 5.65 Å². The second-order valence-electron chi connectivity index (χ2n) is 7.27. The van der Waals surface area contributed by atoms with E-state index >= 15 is 0 Å². The summed E-state index contributed by atoms with van der Waals surface area (Å²) in [4.78, 5) is 17.1. The van der Waals surface area contributed by atoms with Gasteiger partial charge in [-0.15, -0.1) is 4.52 Å². The highest BCUT2D eigenvalue weighted by atomic mass is 35.5. The fourth-order valence-corrected chi connectivity index (χ4v) is 3.80. The Morgan fingerprint density at radius 1 is 1.10 bits per heavy atom. The van der Waals surface area contributed by atoms with Crippen LogP contribution >= 0.6 is 23.2 Å². The number of aromatic nitrogens is 3. The van der Waals surface area contributed by atoms with Crippen molar-refractivity contribution in [3.63, 3.8) is 0 Å². The molecule has 152 valence electrons. The molecule has 0 radical (unpaired) electrons. The van der Waals surface area contributed by atoms with Crippen molar-refractivity contribution in [2.45, 2.75) is 25.3 Å². The van der Waals surface area contributed by atoms with Crippen molar-refractivity contribution >= 4 is 34.8 Å². The normalized spacial score (nSPS) is 13.2. The number of hydrogen-bond acceptors (Lipinski definition) is 2. The molecule has 0 aliphatic heterocycles. The maximum Gasteiger partial charge on any atom is 0.348 e. The molecule has 2 N–H and O–H groups in total. The van der Waals surface area contributed by atoms with Crippen molar-refractivity contribution in [3.8, 4) is 0 Å². The Morgan fingerprint density at radius 2 is 1.77 bits per heavy atom. The molecule has 1 amide bonds. The lowest BCUT2D eigenvalue weighted by atomic mass is 9.86. The largest absolute Gasteiger partial charge is 0.348 e. The average Bonchev–Trinajstić information content (AvgIpc) is 3.18. The van der Waals surface area contributed by atoms with E-state index < -0.39 is 0 Å². The first-order chi connectivity index (χ1) is 14.5. The minimum atomic E-state index is -0.178. The molecule has 2 aromatic heterocycles. The molecule has 4 rings (SSSR count). The van der Waals surface area contributed by atoms with Crippen LogP contribution in [0.4, 0.5) is 0 Å². The predicted molar refractivity (Wildman–Crippen MR) is 118 cm³/mol. The topological polar surface area (TPSA) is 61.9 Å². The predicted octanol–water partition coefficient (Wildman–Crippen LogP) is 4.60. The maximum atomic E-state index is 12.9. The van der Waals surface area contributed by atoms with E-state index in [1.807, 2.05) is 61.7 Å². The zero-order valence-electron chi connectivity index (χ0n) is 16.3. The lowest BCUT2D eigenvalue weighted by molar-refractivity contribution is -0.579. The van der Waals surface area contributed by atoms with Crippen LogP contribution in [-0.4, -0.2) is 22.0 Å². The minimum absolute atomic E-state index is 0.0579. The van der Waals surface area contributed by atoms with Gasteiger partial charge in [-0.1, -0.05) is 47.5 Å². The number of amides is 1. The molecule has 0 saturated heterocycles. The van der Waals surface area contributed by atoms with Crippen LogP contribution in [0.15, 0.2) is 73.1 Å².